The summed E-state index contributed by atoms with van der Waals surface area (Å²) in [5.41, 5.74) is 5.94. The van der Waals surface area contributed by atoms with Crippen LogP contribution in [0.5, 0.6) is 0 Å². The fourth-order valence-corrected chi connectivity index (χ4v) is 3.71. The quantitative estimate of drug-likeness (QED) is 0.510. The van der Waals surface area contributed by atoms with Gasteiger partial charge in [0.25, 0.3) is 0 Å². The second-order valence-corrected chi connectivity index (χ2v) is 4.05. The molecule has 0 aromatic heterocycles. The van der Waals surface area contributed by atoms with Gasteiger partial charge in [0.1, 0.15) is 0 Å². The van der Waals surface area contributed by atoms with Gasteiger partial charge in [-0.05, 0) is 42.9 Å². The molecule has 4 bridgehead atoms. The Morgan fingerprint density at radius 1 is 1.00 bits per heavy atom. The van der Waals surface area contributed by atoms with Gasteiger partial charge >= 0.3 is 0 Å². The molecule has 5 fully saturated rings. The van der Waals surface area contributed by atoms with Crippen LogP contribution in [0.1, 0.15) is 19.3 Å². The van der Waals surface area contributed by atoms with Crippen LogP contribution in [0.15, 0.2) is 0 Å². The maximum Gasteiger partial charge on any atom is 0.00755 e. The predicted molar refractivity (Wildman–Crippen MR) is 35.8 cm³/mol. The highest BCUT2D eigenvalue weighted by atomic mass is 14.8. The molecule has 0 amide bonds. The highest BCUT2D eigenvalue weighted by Gasteiger charge is 2.62. The van der Waals surface area contributed by atoms with Crippen molar-refractivity contribution in [2.45, 2.75) is 25.3 Å². The zero-order valence-electron chi connectivity index (χ0n) is 5.59. The number of rotatable bonds is 0. The van der Waals surface area contributed by atoms with Gasteiger partial charge in [0, 0.05) is 6.04 Å². The van der Waals surface area contributed by atoms with Crippen molar-refractivity contribution in [2.24, 2.45) is 29.4 Å². The molecule has 0 heterocycles. The molecule has 0 aliphatic heterocycles. The molecule has 5 rings (SSSR count). The second-order valence-electron chi connectivity index (χ2n) is 4.05. The molecule has 1 nitrogen and oxygen atoms in total. The van der Waals surface area contributed by atoms with Crippen molar-refractivity contribution in [3.8, 4) is 0 Å². The maximum atomic E-state index is 5.94. The van der Waals surface area contributed by atoms with E-state index in [2.05, 4.69) is 0 Å². The van der Waals surface area contributed by atoms with E-state index in [0.717, 1.165) is 23.7 Å². The van der Waals surface area contributed by atoms with Crippen LogP contribution in [0.25, 0.3) is 0 Å². The Hall–Kier alpha value is -0.0400. The molecular weight excluding hydrogens is 110 g/mol. The first-order chi connectivity index (χ1) is 4.38. The fourth-order valence-electron chi connectivity index (χ4n) is 3.71. The normalized spacial score (nSPS) is 68.3. The van der Waals surface area contributed by atoms with Gasteiger partial charge in [-0.15, -0.1) is 0 Å². The summed E-state index contributed by atoms with van der Waals surface area (Å²) in [7, 11) is 0. The van der Waals surface area contributed by atoms with Crippen molar-refractivity contribution in [3.63, 3.8) is 0 Å². The summed E-state index contributed by atoms with van der Waals surface area (Å²) in [5.74, 6) is 4.25. The lowest BCUT2D eigenvalue weighted by molar-refractivity contribution is 0.131. The van der Waals surface area contributed by atoms with E-state index in [1.54, 1.807) is 0 Å². The summed E-state index contributed by atoms with van der Waals surface area (Å²) in [6, 6.07) is 0.604. The van der Waals surface area contributed by atoms with E-state index in [-0.39, 0.29) is 0 Å². The molecule has 0 radical (unpaired) electrons. The van der Waals surface area contributed by atoms with Crippen LogP contribution < -0.4 is 5.73 Å². The van der Waals surface area contributed by atoms with Crippen LogP contribution in [0.3, 0.4) is 0 Å². The lowest BCUT2D eigenvalue weighted by atomic mass is 9.70. The zero-order chi connectivity index (χ0) is 6.01. The average Bonchev–Trinajstić information content (AvgIpc) is 2.34. The van der Waals surface area contributed by atoms with Crippen LogP contribution in [0.4, 0.5) is 0 Å². The van der Waals surface area contributed by atoms with E-state index in [0.29, 0.717) is 6.04 Å². The summed E-state index contributed by atoms with van der Waals surface area (Å²) in [6.45, 7) is 0. The minimum atomic E-state index is 0.604. The molecule has 5 saturated carbocycles. The standard InChI is InChI=1S/C8H13N/c9-7-3-6-4-1-2-5(6)8(4)7/h4-8H,1-3,9H2. The maximum absolute atomic E-state index is 5.94. The van der Waals surface area contributed by atoms with Gasteiger partial charge in [-0.25, -0.2) is 0 Å². The SMILES string of the molecule is NC1CC2C3CCC2C13. The Kier molecular flexibility index (Phi) is 0.628. The summed E-state index contributed by atoms with van der Waals surface area (Å²) >= 11 is 0. The van der Waals surface area contributed by atoms with Gasteiger partial charge in [0.15, 0.2) is 0 Å². The van der Waals surface area contributed by atoms with Gasteiger partial charge in [-0.2, -0.15) is 0 Å². The topological polar surface area (TPSA) is 26.0 Å². The lowest BCUT2D eigenvalue weighted by Gasteiger charge is -2.35. The molecule has 0 spiro atoms. The molecule has 9 heavy (non-hydrogen) atoms. The van der Waals surface area contributed by atoms with E-state index in [9.17, 15) is 0 Å². The van der Waals surface area contributed by atoms with E-state index in [4.69, 9.17) is 5.73 Å². The summed E-state index contributed by atoms with van der Waals surface area (Å²) in [6.07, 6.45) is 4.38. The third-order valence-corrected chi connectivity index (χ3v) is 3.96. The van der Waals surface area contributed by atoms with Crippen molar-refractivity contribution in [1.82, 2.24) is 0 Å². The summed E-state index contributed by atoms with van der Waals surface area (Å²) in [5, 5.41) is 0. The molecule has 50 valence electrons. The minimum absolute atomic E-state index is 0.604. The fraction of sp³-hybridized carbons (Fsp3) is 1.00. The third kappa shape index (κ3) is 0.337. The average molecular weight is 123 g/mol. The number of fused-ring (bicyclic) bond motifs is 2. The summed E-state index contributed by atoms with van der Waals surface area (Å²) in [4.78, 5) is 0. The lowest BCUT2D eigenvalue weighted by Crippen LogP contribution is -2.35. The Morgan fingerprint density at radius 3 is 2.00 bits per heavy atom. The van der Waals surface area contributed by atoms with Crippen LogP contribution in [0, 0.1) is 23.7 Å². The van der Waals surface area contributed by atoms with Crippen LogP contribution in [-0.4, -0.2) is 6.04 Å². The van der Waals surface area contributed by atoms with Crippen LogP contribution in [-0.2, 0) is 0 Å². The molecule has 0 aromatic rings. The Morgan fingerprint density at radius 2 is 1.67 bits per heavy atom. The second kappa shape index (κ2) is 1.20. The smallest absolute Gasteiger partial charge is 0.00755 e. The van der Waals surface area contributed by atoms with E-state index in [1.807, 2.05) is 0 Å². The van der Waals surface area contributed by atoms with Crippen molar-refractivity contribution in [1.29, 1.82) is 0 Å². The monoisotopic (exact) mass is 123 g/mol. The van der Waals surface area contributed by atoms with Gasteiger partial charge in [0.2, 0.25) is 0 Å². The zero-order valence-corrected chi connectivity index (χ0v) is 5.59. The predicted octanol–water partition coefficient (Wildman–Crippen LogP) is 0.990. The van der Waals surface area contributed by atoms with Crippen LogP contribution in [0.2, 0.25) is 0 Å². The first-order valence-electron chi connectivity index (χ1n) is 4.13. The van der Waals surface area contributed by atoms with E-state index < -0.39 is 0 Å². The molecule has 5 aliphatic carbocycles. The molecule has 1 heteroatoms. The van der Waals surface area contributed by atoms with Crippen molar-refractivity contribution in [3.05, 3.63) is 0 Å². The Labute approximate surface area is 55.6 Å². The highest BCUT2D eigenvalue weighted by molar-refractivity contribution is 5.13. The van der Waals surface area contributed by atoms with Gasteiger partial charge in [-0.3, -0.25) is 0 Å². The van der Waals surface area contributed by atoms with Crippen molar-refractivity contribution in [2.75, 3.05) is 0 Å². The number of nitrogens with two attached hydrogens (primary N) is 1. The molecule has 3 unspecified atom stereocenters. The highest BCUT2D eigenvalue weighted by Crippen LogP contribution is 2.66. The molecule has 5 aliphatic rings. The van der Waals surface area contributed by atoms with Crippen molar-refractivity contribution < 1.29 is 0 Å². The largest absolute Gasteiger partial charge is 0.327 e. The van der Waals surface area contributed by atoms with Crippen molar-refractivity contribution >= 4 is 0 Å². The first kappa shape index (κ1) is 4.73. The third-order valence-electron chi connectivity index (χ3n) is 3.96. The Balaban J connectivity index is 2.01. The molecular formula is C8H13N. The number of hydrogen-bond donors (Lipinski definition) is 1. The molecule has 3 atom stereocenters. The van der Waals surface area contributed by atoms with E-state index >= 15 is 0 Å². The first-order valence-corrected chi connectivity index (χ1v) is 4.13. The summed E-state index contributed by atoms with van der Waals surface area (Å²) < 4.78 is 0. The van der Waals surface area contributed by atoms with Crippen LogP contribution >= 0.6 is 0 Å². The number of hydrogen-bond acceptors (Lipinski definition) is 1. The Bertz CT molecular complexity index is 143. The molecule has 0 saturated heterocycles. The van der Waals surface area contributed by atoms with Gasteiger partial charge in [0.05, 0.1) is 0 Å². The van der Waals surface area contributed by atoms with E-state index in [1.165, 1.54) is 19.3 Å². The molecule has 0 aromatic carbocycles. The van der Waals surface area contributed by atoms with Gasteiger partial charge in [-0.1, -0.05) is 0 Å². The van der Waals surface area contributed by atoms with Gasteiger partial charge < -0.3 is 5.73 Å². The minimum Gasteiger partial charge on any atom is -0.327 e. The molecule has 2 N–H and O–H groups in total.